The van der Waals surface area contributed by atoms with Crippen LogP contribution in [0.2, 0.25) is 0 Å². The fourth-order valence-corrected chi connectivity index (χ4v) is 5.91. The Kier molecular flexibility index (Phi) is 7.56. The van der Waals surface area contributed by atoms with Crippen molar-refractivity contribution in [1.29, 1.82) is 0 Å². The van der Waals surface area contributed by atoms with Gasteiger partial charge in [0.2, 0.25) is 6.79 Å². The van der Waals surface area contributed by atoms with Crippen LogP contribution in [-0.2, 0) is 9.53 Å². The third kappa shape index (κ3) is 5.42. The van der Waals surface area contributed by atoms with Gasteiger partial charge in [-0.3, -0.25) is 9.36 Å². The molecule has 3 heterocycles. The maximum Gasteiger partial charge on any atom is 0.343 e. The van der Waals surface area contributed by atoms with E-state index in [2.05, 4.69) is 4.99 Å². The minimum Gasteiger partial charge on any atom is -0.497 e. The van der Waals surface area contributed by atoms with Crippen LogP contribution >= 0.6 is 11.3 Å². The molecule has 6 rings (SSSR count). The van der Waals surface area contributed by atoms with Crippen molar-refractivity contribution in [3.63, 3.8) is 0 Å². The first-order valence-electron chi connectivity index (χ1n) is 13.4. The topological polar surface area (TPSA) is 115 Å². The Bertz CT molecular complexity index is 1940. The number of ether oxygens (including phenoxy) is 5. The van der Waals surface area contributed by atoms with E-state index in [1.165, 1.54) is 15.9 Å². The van der Waals surface area contributed by atoms with Crippen LogP contribution in [-0.4, -0.2) is 37.0 Å². The minimum atomic E-state index is -0.772. The number of fused-ring (bicyclic) bond motifs is 2. The van der Waals surface area contributed by atoms with Gasteiger partial charge in [-0.25, -0.2) is 14.6 Å². The molecule has 0 amide bonds. The molecule has 0 fully saturated rings. The molecule has 0 bridgehead atoms. The highest BCUT2D eigenvalue weighted by Gasteiger charge is 2.34. The van der Waals surface area contributed by atoms with Gasteiger partial charge in [-0.2, -0.15) is 0 Å². The number of aromatic nitrogens is 1. The van der Waals surface area contributed by atoms with E-state index in [9.17, 15) is 14.4 Å². The van der Waals surface area contributed by atoms with Crippen molar-refractivity contribution in [1.82, 2.24) is 4.57 Å². The number of hydrogen-bond donors (Lipinski definition) is 0. The summed E-state index contributed by atoms with van der Waals surface area (Å²) in [6, 6.07) is 18.0. The zero-order valence-corrected chi connectivity index (χ0v) is 24.3. The van der Waals surface area contributed by atoms with E-state index in [4.69, 9.17) is 23.7 Å². The SMILES string of the molecule is CCOC(=O)C1=C(C)N=c2s/c(=C/c3ccc(OC(=O)c4ccc(OC)cc4)cc3)c(=O)n2C1c1ccc2c(c1)OCO2. The second-order valence-corrected chi connectivity index (χ2v) is 10.6. The Morgan fingerprint density at radius 3 is 2.44 bits per heavy atom. The van der Waals surface area contributed by atoms with E-state index in [1.54, 1.807) is 93.8 Å². The molecular formula is C32H26N2O8S. The van der Waals surface area contributed by atoms with Crippen LogP contribution in [0.5, 0.6) is 23.0 Å². The molecule has 1 atom stereocenters. The average Bonchev–Trinajstić information content (AvgIpc) is 3.61. The molecule has 43 heavy (non-hydrogen) atoms. The first-order valence-corrected chi connectivity index (χ1v) is 14.2. The summed E-state index contributed by atoms with van der Waals surface area (Å²) < 4.78 is 28.9. The number of carbonyl (C=O) groups is 2. The van der Waals surface area contributed by atoms with Crippen molar-refractivity contribution in [3.05, 3.63) is 114 Å². The quantitative estimate of drug-likeness (QED) is 0.234. The molecule has 1 unspecified atom stereocenters. The first-order chi connectivity index (χ1) is 20.9. The molecule has 4 aromatic rings. The number of thiazole rings is 1. The van der Waals surface area contributed by atoms with Gasteiger partial charge in [-0.15, -0.1) is 0 Å². The molecule has 0 saturated heterocycles. The van der Waals surface area contributed by atoms with Crippen LogP contribution in [0.4, 0.5) is 0 Å². The molecule has 11 heteroatoms. The lowest BCUT2D eigenvalue weighted by Gasteiger charge is -2.24. The summed E-state index contributed by atoms with van der Waals surface area (Å²) in [7, 11) is 1.55. The third-order valence-corrected chi connectivity index (χ3v) is 7.93. The molecule has 1 aromatic heterocycles. The van der Waals surface area contributed by atoms with Gasteiger partial charge >= 0.3 is 11.9 Å². The second kappa shape index (κ2) is 11.6. The molecule has 218 valence electrons. The number of esters is 2. The molecule has 2 aliphatic heterocycles. The maximum atomic E-state index is 13.9. The lowest BCUT2D eigenvalue weighted by Crippen LogP contribution is -2.39. The molecule has 0 radical (unpaired) electrons. The largest absolute Gasteiger partial charge is 0.497 e. The normalized spacial score (nSPS) is 15.5. The zero-order chi connectivity index (χ0) is 30.1. The van der Waals surface area contributed by atoms with Crippen molar-refractivity contribution in [2.24, 2.45) is 4.99 Å². The highest BCUT2D eigenvalue weighted by molar-refractivity contribution is 7.07. The van der Waals surface area contributed by atoms with Crippen LogP contribution in [0.1, 0.15) is 41.4 Å². The summed E-state index contributed by atoms with van der Waals surface area (Å²) in [5.41, 5.74) is 2.21. The number of methoxy groups -OCH3 is 1. The Hall–Kier alpha value is -5.16. The predicted molar refractivity (Wildman–Crippen MR) is 157 cm³/mol. The van der Waals surface area contributed by atoms with Gasteiger partial charge in [-0.1, -0.05) is 29.5 Å². The Morgan fingerprint density at radius 1 is 1.00 bits per heavy atom. The summed E-state index contributed by atoms with van der Waals surface area (Å²) in [6.07, 6.45) is 1.74. The van der Waals surface area contributed by atoms with E-state index in [0.29, 0.717) is 49.2 Å². The number of rotatable bonds is 7. The number of nitrogens with zero attached hydrogens (tertiary/aromatic N) is 2. The highest BCUT2D eigenvalue weighted by atomic mass is 32.1. The highest BCUT2D eigenvalue weighted by Crippen LogP contribution is 2.38. The van der Waals surface area contributed by atoms with Crippen molar-refractivity contribution in [2.45, 2.75) is 19.9 Å². The van der Waals surface area contributed by atoms with Crippen LogP contribution in [0.25, 0.3) is 6.08 Å². The molecular weight excluding hydrogens is 572 g/mol. The first kappa shape index (κ1) is 28.0. The molecule has 3 aromatic carbocycles. The van der Waals surface area contributed by atoms with Crippen molar-refractivity contribution in [3.8, 4) is 23.0 Å². The average molecular weight is 599 g/mol. The van der Waals surface area contributed by atoms with E-state index in [1.807, 2.05) is 0 Å². The van der Waals surface area contributed by atoms with Crippen LogP contribution in [0, 0.1) is 0 Å². The molecule has 0 aliphatic carbocycles. The van der Waals surface area contributed by atoms with Crippen molar-refractivity contribution >= 4 is 29.4 Å². The van der Waals surface area contributed by atoms with Gasteiger partial charge < -0.3 is 23.7 Å². The molecule has 0 N–H and O–H groups in total. The van der Waals surface area contributed by atoms with E-state index in [0.717, 1.165) is 5.56 Å². The van der Waals surface area contributed by atoms with Gasteiger partial charge in [0, 0.05) is 0 Å². The maximum absolute atomic E-state index is 13.9. The Labute approximate surface area is 249 Å². The summed E-state index contributed by atoms with van der Waals surface area (Å²) in [4.78, 5) is 44.6. The third-order valence-electron chi connectivity index (χ3n) is 6.94. The lowest BCUT2D eigenvalue weighted by molar-refractivity contribution is -0.139. The summed E-state index contributed by atoms with van der Waals surface area (Å²) in [5.74, 6) is 1.08. The van der Waals surface area contributed by atoms with Crippen LogP contribution in [0.15, 0.2) is 87.8 Å². The molecule has 2 aliphatic rings. The minimum absolute atomic E-state index is 0.0978. The van der Waals surface area contributed by atoms with Gasteiger partial charge in [0.1, 0.15) is 11.5 Å². The van der Waals surface area contributed by atoms with E-state index < -0.39 is 18.0 Å². The molecule has 0 saturated carbocycles. The predicted octanol–water partition coefficient (Wildman–Crippen LogP) is 3.75. The van der Waals surface area contributed by atoms with Gasteiger partial charge in [0.25, 0.3) is 5.56 Å². The Morgan fingerprint density at radius 2 is 1.72 bits per heavy atom. The second-order valence-electron chi connectivity index (χ2n) is 9.60. The zero-order valence-electron chi connectivity index (χ0n) is 23.5. The molecule has 0 spiro atoms. The molecule has 10 nitrogen and oxygen atoms in total. The summed E-state index contributed by atoms with van der Waals surface area (Å²) >= 11 is 1.22. The van der Waals surface area contributed by atoms with Gasteiger partial charge in [0.05, 0.1) is 41.1 Å². The Balaban J connectivity index is 1.34. The summed E-state index contributed by atoms with van der Waals surface area (Å²) in [6.45, 7) is 3.74. The van der Waals surface area contributed by atoms with E-state index >= 15 is 0 Å². The number of hydrogen-bond acceptors (Lipinski definition) is 10. The fraction of sp³-hybridized carbons (Fsp3) is 0.188. The van der Waals surface area contributed by atoms with Crippen LogP contribution in [0.3, 0.4) is 0 Å². The summed E-state index contributed by atoms with van der Waals surface area (Å²) in [5, 5.41) is 0. The standard InChI is InChI=1S/C32H26N2O8S/c1-4-39-31(37)27-18(2)33-32-34(28(27)21-9-14-24-25(16-21)41-17-40-24)29(35)26(43-32)15-19-5-10-23(11-6-19)42-30(36)20-7-12-22(38-3)13-8-20/h5-16,28H,4,17H2,1-3H3/b26-15+. The number of carbonyl (C=O) groups excluding carboxylic acids is 2. The van der Waals surface area contributed by atoms with E-state index in [-0.39, 0.29) is 24.5 Å². The van der Waals surface area contributed by atoms with Gasteiger partial charge in [-0.05, 0) is 79.6 Å². The lowest BCUT2D eigenvalue weighted by atomic mass is 9.95. The van der Waals surface area contributed by atoms with Crippen LogP contribution < -0.4 is 33.8 Å². The fourth-order valence-electron chi connectivity index (χ4n) is 4.87. The van der Waals surface area contributed by atoms with Gasteiger partial charge in [0.15, 0.2) is 16.3 Å². The van der Waals surface area contributed by atoms with Crippen molar-refractivity contribution < 1.29 is 33.3 Å². The number of benzene rings is 3. The monoisotopic (exact) mass is 598 g/mol. The number of allylic oxidation sites excluding steroid dienone is 1. The van der Waals surface area contributed by atoms with Crippen molar-refractivity contribution in [2.75, 3.05) is 20.5 Å². The smallest absolute Gasteiger partial charge is 0.343 e.